The maximum Gasteiger partial charge on any atom is -0.0133 e. The lowest BCUT2D eigenvalue weighted by molar-refractivity contribution is 1.66. The number of benzene rings is 2. The van der Waals surface area contributed by atoms with Crippen molar-refractivity contribution in [2.75, 3.05) is 0 Å². The number of rotatable bonds is 2. The van der Waals surface area contributed by atoms with Crippen molar-refractivity contribution < 1.29 is 0 Å². The lowest BCUT2D eigenvalue weighted by Crippen LogP contribution is -1.64. The predicted molar refractivity (Wildman–Crippen MR) is 76.6 cm³/mol. The van der Waals surface area contributed by atoms with Crippen molar-refractivity contribution in [3.05, 3.63) is 90.7 Å². The van der Waals surface area contributed by atoms with Gasteiger partial charge >= 0.3 is 0 Å². The van der Waals surface area contributed by atoms with Crippen LogP contribution in [0.2, 0.25) is 0 Å². The van der Waals surface area contributed by atoms with Crippen LogP contribution in [0.25, 0.3) is 12.2 Å². The lowest BCUT2D eigenvalue weighted by Gasteiger charge is -1.85. The van der Waals surface area contributed by atoms with Gasteiger partial charge in [0.25, 0.3) is 0 Å². The van der Waals surface area contributed by atoms with Gasteiger partial charge in [-0.15, -0.1) is 5.73 Å². The van der Waals surface area contributed by atoms with E-state index in [0.717, 1.165) is 5.56 Å². The van der Waals surface area contributed by atoms with Gasteiger partial charge in [-0.05, 0) is 17.2 Å². The Morgan fingerprint density at radius 1 is 0.765 bits per heavy atom. The van der Waals surface area contributed by atoms with Crippen molar-refractivity contribution >= 4 is 12.2 Å². The maximum atomic E-state index is 3.63. The molecule has 0 bridgehead atoms. The molecule has 17 heavy (non-hydrogen) atoms. The van der Waals surface area contributed by atoms with E-state index in [1.54, 1.807) is 0 Å². The average molecular weight is 220 g/mol. The molecule has 0 aliphatic heterocycles. The topological polar surface area (TPSA) is 0 Å². The molecule has 0 spiro atoms. The first-order chi connectivity index (χ1) is 8.36. The summed E-state index contributed by atoms with van der Waals surface area (Å²) in [4.78, 5) is 0. The fraction of sp³-hybridized carbons (Fsp3) is 0. The first-order valence-electron chi connectivity index (χ1n) is 5.45. The average Bonchev–Trinajstić information content (AvgIpc) is 2.42. The summed E-state index contributed by atoms with van der Waals surface area (Å²) in [6, 6.07) is 20.0. The molecule has 0 aliphatic carbocycles. The standard InChI is InChI=1S/C9H8.C8H8/c1-2-6-9-7-4-3-5-8-9;1-2-8-6-4-3-5-7-8/h3-8H,1H2;2-7H,1H2. The fourth-order valence-corrected chi connectivity index (χ4v) is 1.26. The number of hydrogen-bond acceptors (Lipinski definition) is 0. The van der Waals surface area contributed by atoms with Crippen LogP contribution in [0.15, 0.2) is 79.6 Å². The van der Waals surface area contributed by atoms with Crippen LogP contribution in [0.3, 0.4) is 0 Å². The van der Waals surface area contributed by atoms with Crippen LogP contribution in [-0.4, -0.2) is 0 Å². The molecule has 2 aromatic carbocycles. The lowest BCUT2D eigenvalue weighted by atomic mass is 10.2. The Labute approximate surface area is 103 Å². The van der Waals surface area contributed by atoms with Crippen LogP contribution < -0.4 is 0 Å². The first kappa shape index (κ1) is 12.8. The second-order valence-electron chi connectivity index (χ2n) is 3.37. The molecule has 0 aromatic heterocycles. The molecule has 0 nitrogen and oxygen atoms in total. The number of hydrogen-bond donors (Lipinski definition) is 0. The highest BCUT2D eigenvalue weighted by atomic mass is 13.8. The molecular weight excluding hydrogens is 204 g/mol. The van der Waals surface area contributed by atoms with E-state index in [4.69, 9.17) is 0 Å². The fourth-order valence-electron chi connectivity index (χ4n) is 1.26. The van der Waals surface area contributed by atoms with E-state index in [-0.39, 0.29) is 0 Å². The zero-order valence-corrected chi connectivity index (χ0v) is 9.84. The Bertz CT molecular complexity index is 474. The molecule has 0 atom stereocenters. The predicted octanol–water partition coefficient (Wildman–Crippen LogP) is 4.81. The van der Waals surface area contributed by atoms with Crippen molar-refractivity contribution in [3.8, 4) is 0 Å². The molecule has 0 saturated heterocycles. The molecule has 0 heterocycles. The third kappa shape index (κ3) is 5.36. The van der Waals surface area contributed by atoms with Crippen molar-refractivity contribution in [1.82, 2.24) is 0 Å². The summed E-state index contributed by atoms with van der Waals surface area (Å²) in [5.41, 5.74) is 5.03. The second-order valence-corrected chi connectivity index (χ2v) is 3.37. The van der Waals surface area contributed by atoms with Gasteiger partial charge in [0.15, 0.2) is 0 Å². The molecule has 2 rings (SSSR count). The molecule has 2 aromatic rings. The van der Waals surface area contributed by atoms with Gasteiger partial charge < -0.3 is 0 Å². The Morgan fingerprint density at radius 2 is 1.24 bits per heavy atom. The van der Waals surface area contributed by atoms with Crippen LogP contribution in [0.1, 0.15) is 11.1 Å². The summed E-state index contributed by atoms with van der Waals surface area (Å²) >= 11 is 0. The molecule has 0 amide bonds. The highest BCUT2D eigenvalue weighted by Crippen LogP contribution is 1.98. The van der Waals surface area contributed by atoms with Gasteiger partial charge in [0.05, 0.1) is 0 Å². The van der Waals surface area contributed by atoms with Gasteiger partial charge in [0.2, 0.25) is 0 Å². The molecule has 0 unspecified atom stereocenters. The minimum Gasteiger partial charge on any atom is -0.128 e. The summed E-state index contributed by atoms with van der Waals surface area (Å²) in [6.07, 6.45) is 3.68. The monoisotopic (exact) mass is 220 g/mol. The van der Waals surface area contributed by atoms with Gasteiger partial charge in [0.1, 0.15) is 0 Å². The Kier molecular flexibility index (Phi) is 5.95. The quantitative estimate of drug-likeness (QED) is 0.637. The van der Waals surface area contributed by atoms with Crippen LogP contribution in [0.5, 0.6) is 0 Å². The second kappa shape index (κ2) is 7.92. The van der Waals surface area contributed by atoms with Crippen LogP contribution in [0, 0.1) is 0 Å². The summed E-state index contributed by atoms with van der Waals surface area (Å²) in [5, 5.41) is 0. The minimum atomic E-state index is 1.15. The molecule has 0 radical (unpaired) electrons. The van der Waals surface area contributed by atoms with E-state index < -0.39 is 0 Å². The Morgan fingerprint density at radius 3 is 1.59 bits per heavy atom. The highest BCUT2D eigenvalue weighted by molar-refractivity contribution is 5.47. The smallest absolute Gasteiger partial charge is 0.0133 e. The van der Waals surface area contributed by atoms with Crippen LogP contribution in [0.4, 0.5) is 0 Å². The third-order valence-corrected chi connectivity index (χ3v) is 2.10. The summed E-state index contributed by atoms with van der Waals surface area (Å²) in [5.74, 6) is 0. The van der Waals surface area contributed by atoms with E-state index >= 15 is 0 Å². The highest BCUT2D eigenvalue weighted by Gasteiger charge is 1.77. The van der Waals surface area contributed by atoms with Crippen LogP contribution >= 0.6 is 0 Å². The molecule has 0 fully saturated rings. The molecule has 84 valence electrons. The van der Waals surface area contributed by atoms with Gasteiger partial charge in [0, 0.05) is 0 Å². The normalized spacial score (nSPS) is 8.24. The van der Waals surface area contributed by atoms with Gasteiger partial charge in [-0.25, -0.2) is 0 Å². The third-order valence-electron chi connectivity index (χ3n) is 2.10. The summed E-state index contributed by atoms with van der Waals surface area (Å²) < 4.78 is 0. The van der Waals surface area contributed by atoms with Gasteiger partial charge in [-0.3, -0.25) is 0 Å². The molecular formula is C17H16. The van der Waals surface area contributed by atoms with E-state index in [2.05, 4.69) is 18.9 Å². The largest absolute Gasteiger partial charge is 0.128 e. The van der Waals surface area contributed by atoms with E-state index in [1.807, 2.05) is 72.8 Å². The van der Waals surface area contributed by atoms with Gasteiger partial charge in [-0.2, -0.15) is 0 Å². The van der Waals surface area contributed by atoms with Crippen molar-refractivity contribution in [2.24, 2.45) is 0 Å². The SMILES string of the molecule is C=C=Cc1ccccc1.C=Cc1ccccc1. The van der Waals surface area contributed by atoms with E-state index in [0.29, 0.717) is 0 Å². The minimum absolute atomic E-state index is 1.15. The summed E-state index contributed by atoms with van der Waals surface area (Å²) in [6.45, 7) is 7.11. The Balaban J connectivity index is 0.000000171. The zero-order valence-electron chi connectivity index (χ0n) is 9.84. The van der Waals surface area contributed by atoms with Crippen LogP contribution in [-0.2, 0) is 0 Å². The van der Waals surface area contributed by atoms with Gasteiger partial charge in [-0.1, -0.05) is 79.9 Å². The maximum absolute atomic E-state index is 3.63. The Hall–Kier alpha value is -2.30. The van der Waals surface area contributed by atoms with E-state index in [9.17, 15) is 0 Å². The summed E-state index contributed by atoms with van der Waals surface area (Å²) in [7, 11) is 0. The molecule has 0 heteroatoms. The van der Waals surface area contributed by atoms with Crippen molar-refractivity contribution in [2.45, 2.75) is 0 Å². The molecule has 0 saturated carbocycles. The van der Waals surface area contributed by atoms with Crippen molar-refractivity contribution in [1.29, 1.82) is 0 Å². The zero-order chi connectivity index (χ0) is 12.3. The molecule has 0 aliphatic rings. The van der Waals surface area contributed by atoms with Crippen molar-refractivity contribution in [3.63, 3.8) is 0 Å². The first-order valence-corrected chi connectivity index (χ1v) is 5.45. The van der Waals surface area contributed by atoms with E-state index in [1.165, 1.54) is 5.56 Å². The molecule has 0 N–H and O–H groups in total.